The van der Waals surface area contributed by atoms with E-state index >= 15 is 0 Å². The lowest BCUT2D eigenvalue weighted by molar-refractivity contribution is -0.139. The number of aliphatic carboxylic acids is 1. The van der Waals surface area contributed by atoms with E-state index in [1.807, 2.05) is 48.5 Å². The van der Waals surface area contributed by atoms with Gasteiger partial charge in [-0.25, -0.2) is 0 Å². The number of rotatable bonds is 1. The summed E-state index contributed by atoms with van der Waals surface area (Å²) < 4.78 is -0.912. The van der Waals surface area contributed by atoms with Gasteiger partial charge in [0.05, 0.1) is 0 Å². The van der Waals surface area contributed by atoms with Crippen molar-refractivity contribution in [1.82, 2.24) is 0 Å². The summed E-state index contributed by atoms with van der Waals surface area (Å²) in [6, 6.07) is 15.7. The van der Waals surface area contributed by atoms with E-state index in [2.05, 4.69) is 0 Å². The number of carbonyl (C=O) groups is 1. The van der Waals surface area contributed by atoms with Gasteiger partial charge in [-0.2, -0.15) is 0 Å². The van der Waals surface area contributed by atoms with Crippen LogP contribution in [-0.2, 0) is 9.54 Å². The Morgan fingerprint density at radius 2 is 1.67 bits per heavy atom. The van der Waals surface area contributed by atoms with Crippen molar-refractivity contribution in [2.75, 3.05) is 0 Å². The molecule has 18 heavy (non-hydrogen) atoms. The van der Waals surface area contributed by atoms with Gasteiger partial charge in [-0.05, 0) is 29.7 Å². The Kier molecular flexibility index (Phi) is 2.45. The molecule has 0 aliphatic carbocycles. The molecular weight excluding hydrogens is 244 g/mol. The second kappa shape index (κ2) is 3.89. The van der Waals surface area contributed by atoms with Gasteiger partial charge in [-0.3, -0.25) is 4.79 Å². The third-order valence-electron chi connectivity index (χ3n) is 3.34. The topological polar surface area (TPSA) is 37.3 Å². The highest BCUT2D eigenvalue weighted by Crippen LogP contribution is 2.52. The molecule has 0 saturated carbocycles. The first kappa shape index (κ1) is 11.4. The molecule has 1 heterocycles. The molecule has 2 aromatic rings. The van der Waals surface area contributed by atoms with E-state index in [1.165, 1.54) is 11.8 Å². The van der Waals surface area contributed by atoms with Gasteiger partial charge in [0.15, 0.2) is 0 Å². The van der Waals surface area contributed by atoms with E-state index < -0.39 is 10.7 Å². The van der Waals surface area contributed by atoms with Crippen LogP contribution in [0, 0.1) is 0 Å². The fraction of sp³-hybridized carbons (Fsp3) is 0.133. The first-order valence-corrected chi connectivity index (χ1v) is 6.56. The largest absolute Gasteiger partial charge is 0.480 e. The maximum absolute atomic E-state index is 11.6. The molecule has 0 radical (unpaired) electrons. The molecule has 1 N–H and O–H groups in total. The van der Waals surface area contributed by atoms with Crippen molar-refractivity contribution < 1.29 is 9.90 Å². The van der Waals surface area contributed by atoms with E-state index in [-0.39, 0.29) is 0 Å². The molecule has 1 aliphatic heterocycles. The standard InChI is InChI=1S/C15H12O2S/c1-15(14(16)17)12-8-4-2-6-10(12)11-7-3-5-9-13(11)18-15/h2-9H,1H3,(H,16,17). The second-order valence-corrected chi connectivity index (χ2v) is 5.94. The average molecular weight is 256 g/mol. The van der Waals surface area contributed by atoms with Crippen LogP contribution in [0.3, 0.4) is 0 Å². The van der Waals surface area contributed by atoms with Crippen LogP contribution < -0.4 is 0 Å². The van der Waals surface area contributed by atoms with Gasteiger partial charge in [0.25, 0.3) is 0 Å². The van der Waals surface area contributed by atoms with Gasteiger partial charge in [-0.1, -0.05) is 42.5 Å². The SMILES string of the molecule is CC1(C(=O)O)Sc2ccccc2-c2ccccc21. The number of carboxylic acids is 1. The number of hydrogen-bond acceptors (Lipinski definition) is 2. The molecule has 0 aromatic heterocycles. The summed E-state index contributed by atoms with van der Waals surface area (Å²) in [6.45, 7) is 1.77. The predicted octanol–water partition coefficient (Wildman–Crippen LogP) is 3.76. The minimum Gasteiger partial charge on any atom is -0.480 e. The Labute approximate surface area is 110 Å². The number of carboxylic acid groups (broad SMARTS) is 1. The van der Waals surface area contributed by atoms with Crippen LogP contribution in [0.15, 0.2) is 53.4 Å². The maximum Gasteiger partial charge on any atom is 0.324 e. The molecule has 3 heteroatoms. The molecular formula is C15H12O2S. The molecule has 2 aromatic carbocycles. The normalized spacial score (nSPS) is 20.9. The summed E-state index contributed by atoms with van der Waals surface area (Å²) in [5.74, 6) is -0.797. The molecule has 0 fully saturated rings. The molecule has 3 rings (SSSR count). The van der Waals surface area contributed by atoms with Crippen molar-refractivity contribution in [3.8, 4) is 11.1 Å². The van der Waals surface area contributed by atoms with Gasteiger partial charge in [0.2, 0.25) is 0 Å². The highest BCUT2D eigenvalue weighted by atomic mass is 32.2. The third-order valence-corrected chi connectivity index (χ3v) is 4.72. The van der Waals surface area contributed by atoms with Crippen LogP contribution in [0.2, 0.25) is 0 Å². The highest BCUT2D eigenvalue weighted by Gasteiger charge is 2.41. The van der Waals surface area contributed by atoms with Gasteiger partial charge < -0.3 is 5.11 Å². The summed E-state index contributed by atoms with van der Waals surface area (Å²) in [6.07, 6.45) is 0. The predicted molar refractivity (Wildman–Crippen MR) is 72.7 cm³/mol. The zero-order valence-corrected chi connectivity index (χ0v) is 10.7. The Hall–Kier alpha value is -1.74. The minimum atomic E-state index is -0.912. The lowest BCUT2D eigenvalue weighted by Crippen LogP contribution is -2.31. The lowest BCUT2D eigenvalue weighted by Gasteiger charge is -2.32. The number of hydrogen-bond donors (Lipinski definition) is 1. The second-order valence-electron chi connectivity index (χ2n) is 4.48. The highest BCUT2D eigenvalue weighted by molar-refractivity contribution is 8.01. The van der Waals surface area contributed by atoms with Gasteiger partial charge in [-0.15, -0.1) is 11.8 Å². The van der Waals surface area contributed by atoms with Crippen LogP contribution in [-0.4, -0.2) is 11.1 Å². The Morgan fingerprint density at radius 1 is 1.06 bits per heavy atom. The fourth-order valence-corrected chi connectivity index (χ4v) is 3.60. The Balaban J connectivity index is 2.33. The summed E-state index contributed by atoms with van der Waals surface area (Å²) in [5.41, 5.74) is 3.02. The molecule has 0 bridgehead atoms. The number of benzene rings is 2. The van der Waals surface area contributed by atoms with Crippen molar-refractivity contribution >= 4 is 17.7 Å². The van der Waals surface area contributed by atoms with Crippen molar-refractivity contribution in [1.29, 1.82) is 0 Å². The van der Waals surface area contributed by atoms with Gasteiger partial charge in [0.1, 0.15) is 4.75 Å². The number of fused-ring (bicyclic) bond motifs is 3. The Morgan fingerprint density at radius 3 is 2.39 bits per heavy atom. The van der Waals surface area contributed by atoms with Gasteiger partial charge in [0, 0.05) is 4.90 Å². The Bertz CT molecular complexity index is 636. The minimum absolute atomic E-state index is 0.797. The van der Waals surface area contributed by atoms with Crippen LogP contribution in [0.1, 0.15) is 12.5 Å². The third kappa shape index (κ3) is 1.47. The molecule has 1 unspecified atom stereocenters. The first-order valence-electron chi connectivity index (χ1n) is 5.74. The number of thioether (sulfide) groups is 1. The molecule has 2 nitrogen and oxygen atoms in total. The van der Waals surface area contributed by atoms with E-state index in [0.717, 1.165) is 21.6 Å². The van der Waals surface area contributed by atoms with Crippen molar-refractivity contribution in [2.24, 2.45) is 0 Å². The van der Waals surface area contributed by atoms with Crippen LogP contribution in [0.4, 0.5) is 0 Å². The summed E-state index contributed by atoms with van der Waals surface area (Å²) in [5, 5.41) is 9.55. The van der Waals surface area contributed by atoms with Crippen LogP contribution >= 0.6 is 11.8 Å². The zero-order chi connectivity index (χ0) is 12.8. The summed E-state index contributed by atoms with van der Waals surface area (Å²) in [4.78, 5) is 12.7. The fourth-order valence-electron chi connectivity index (χ4n) is 2.35. The van der Waals surface area contributed by atoms with E-state index in [4.69, 9.17) is 0 Å². The van der Waals surface area contributed by atoms with Crippen molar-refractivity contribution in [3.63, 3.8) is 0 Å². The molecule has 0 spiro atoms. The molecule has 1 aliphatic rings. The maximum atomic E-state index is 11.6. The smallest absolute Gasteiger partial charge is 0.324 e. The van der Waals surface area contributed by atoms with Crippen molar-refractivity contribution in [2.45, 2.75) is 16.6 Å². The van der Waals surface area contributed by atoms with E-state index in [0.29, 0.717) is 0 Å². The summed E-state index contributed by atoms with van der Waals surface area (Å²) in [7, 11) is 0. The van der Waals surface area contributed by atoms with E-state index in [9.17, 15) is 9.90 Å². The lowest BCUT2D eigenvalue weighted by atomic mass is 9.90. The first-order chi connectivity index (χ1) is 8.63. The van der Waals surface area contributed by atoms with Crippen molar-refractivity contribution in [3.05, 3.63) is 54.1 Å². The zero-order valence-electron chi connectivity index (χ0n) is 9.88. The van der Waals surface area contributed by atoms with Crippen LogP contribution in [0.5, 0.6) is 0 Å². The van der Waals surface area contributed by atoms with E-state index in [1.54, 1.807) is 6.92 Å². The quantitative estimate of drug-likeness (QED) is 0.844. The molecule has 0 saturated heterocycles. The van der Waals surface area contributed by atoms with Crippen LogP contribution in [0.25, 0.3) is 11.1 Å². The average Bonchev–Trinajstić information content (AvgIpc) is 2.39. The van der Waals surface area contributed by atoms with Gasteiger partial charge >= 0.3 is 5.97 Å². The molecule has 1 atom stereocenters. The molecule has 0 amide bonds. The monoisotopic (exact) mass is 256 g/mol. The molecule has 90 valence electrons. The summed E-state index contributed by atoms with van der Waals surface area (Å²) >= 11 is 1.41.